The summed E-state index contributed by atoms with van der Waals surface area (Å²) in [6.45, 7) is 1.92. The van der Waals surface area contributed by atoms with Crippen LogP contribution in [0.15, 0.2) is 30.3 Å². The third kappa shape index (κ3) is 3.22. The highest BCUT2D eigenvalue weighted by atomic mass is 16.3. The van der Waals surface area contributed by atoms with E-state index < -0.39 is 0 Å². The molecule has 0 aliphatic rings. The molecule has 1 N–H and O–H groups in total. The van der Waals surface area contributed by atoms with Crippen LogP contribution < -0.4 is 4.90 Å². The molecule has 0 saturated carbocycles. The normalized spacial score (nSPS) is 11.2. The molecule has 0 fully saturated rings. The fourth-order valence-electron chi connectivity index (χ4n) is 2.02. The maximum Gasteiger partial charge on any atom is 0.129 e. The Morgan fingerprint density at radius 1 is 1.11 bits per heavy atom. The van der Waals surface area contributed by atoms with Gasteiger partial charge in [-0.2, -0.15) is 0 Å². The molecule has 2 rings (SSSR count). The average molecular weight is 259 g/mol. The lowest BCUT2D eigenvalue weighted by Crippen LogP contribution is -2.29. The zero-order valence-corrected chi connectivity index (χ0v) is 11.8. The summed E-state index contributed by atoms with van der Waals surface area (Å²) in [4.78, 5) is 8.92. The molecule has 1 aromatic carbocycles. The molecule has 0 radical (unpaired) electrons. The van der Waals surface area contributed by atoms with Crippen LogP contribution in [0.5, 0.6) is 0 Å². The van der Waals surface area contributed by atoms with Gasteiger partial charge in [-0.15, -0.1) is 0 Å². The van der Waals surface area contributed by atoms with Crippen LogP contribution in [0.4, 0.5) is 5.82 Å². The summed E-state index contributed by atoms with van der Waals surface area (Å²) < 4.78 is 0. The number of likely N-dealkylation sites (N-methyl/N-ethyl adjacent to an activating group) is 2. The summed E-state index contributed by atoms with van der Waals surface area (Å²) in [7, 11) is 6.14. The first-order valence-electron chi connectivity index (χ1n) is 6.47. The van der Waals surface area contributed by atoms with E-state index in [1.54, 1.807) is 0 Å². The van der Waals surface area contributed by atoms with Crippen molar-refractivity contribution < 1.29 is 5.11 Å². The fourth-order valence-corrected chi connectivity index (χ4v) is 2.02. The highest BCUT2D eigenvalue weighted by molar-refractivity contribution is 5.84. The second-order valence-corrected chi connectivity index (χ2v) is 5.04. The summed E-state index contributed by atoms with van der Waals surface area (Å²) in [5.41, 5.74) is 1.86. The van der Waals surface area contributed by atoms with E-state index in [-0.39, 0.29) is 6.61 Å². The molecule has 0 bridgehead atoms. The molecule has 2 aromatic rings. The number of rotatable bonds is 5. The number of benzene rings is 1. The van der Waals surface area contributed by atoms with Crippen molar-refractivity contribution in [3.63, 3.8) is 0 Å². The van der Waals surface area contributed by atoms with Crippen molar-refractivity contribution in [1.82, 2.24) is 9.88 Å². The van der Waals surface area contributed by atoms with E-state index in [1.807, 2.05) is 37.4 Å². The summed E-state index contributed by atoms with van der Waals surface area (Å²) in [6, 6.07) is 9.89. The Balaban J connectivity index is 2.33. The van der Waals surface area contributed by atoms with Gasteiger partial charge in [0.1, 0.15) is 5.82 Å². The Morgan fingerprint density at radius 2 is 1.84 bits per heavy atom. The molecule has 1 aromatic heterocycles. The van der Waals surface area contributed by atoms with E-state index in [0.29, 0.717) is 0 Å². The monoisotopic (exact) mass is 259 g/mol. The standard InChI is InChI=1S/C15H21N3O/c1-17(2)8-9-18(3)15-10-12(11-19)13-6-4-5-7-14(13)16-15/h4-7,10,19H,8-9,11H2,1-3H3. The van der Waals surface area contributed by atoms with Crippen molar-refractivity contribution in [1.29, 1.82) is 0 Å². The Kier molecular flexibility index (Phi) is 4.35. The van der Waals surface area contributed by atoms with Gasteiger partial charge in [-0.1, -0.05) is 18.2 Å². The first-order valence-corrected chi connectivity index (χ1v) is 6.47. The Labute approximate surface area is 114 Å². The van der Waals surface area contributed by atoms with Crippen molar-refractivity contribution in [2.75, 3.05) is 39.1 Å². The smallest absolute Gasteiger partial charge is 0.129 e. The predicted octanol–water partition coefficient (Wildman–Crippen LogP) is 1.72. The maximum atomic E-state index is 9.51. The number of nitrogens with zero attached hydrogens (tertiary/aromatic N) is 3. The van der Waals surface area contributed by atoms with E-state index in [2.05, 4.69) is 28.9 Å². The van der Waals surface area contributed by atoms with Gasteiger partial charge in [-0.05, 0) is 31.8 Å². The van der Waals surface area contributed by atoms with Crippen molar-refractivity contribution >= 4 is 16.7 Å². The van der Waals surface area contributed by atoms with Crippen LogP contribution in [0, 0.1) is 0 Å². The molecule has 0 amide bonds. The summed E-state index contributed by atoms with van der Waals surface area (Å²) in [6.07, 6.45) is 0. The highest BCUT2D eigenvalue weighted by Crippen LogP contribution is 2.22. The summed E-state index contributed by atoms with van der Waals surface area (Å²) in [5, 5.41) is 10.5. The number of hydrogen-bond acceptors (Lipinski definition) is 4. The molecule has 0 aliphatic heterocycles. The molecule has 4 nitrogen and oxygen atoms in total. The largest absolute Gasteiger partial charge is 0.392 e. The second-order valence-electron chi connectivity index (χ2n) is 5.04. The van der Waals surface area contributed by atoms with Gasteiger partial charge >= 0.3 is 0 Å². The van der Waals surface area contributed by atoms with Gasteiger partial charge in [0, 0.05) is 25.5 Å². The van der Waals surface area contributed by atoms with Crippen LogP contribution in [-0.2, 0) is 6.61 Å². The average Bonchev–Trinajstić information content (AvgIpc) is 2.43. The predicted molar refractivity (Wildman–Crippen MR) is 79.5 cm³/mol. The van der Waals surface area contributed by atoms with Gasteiger partial charge in [0.05, 0.1) is 12.1 Å². The van der Waals surface area contributed by atoms with Gasteiger partial charge in [0.25, 0.3) is 0 Å². The molecule has 0 atom stereocenters. The lowest BCUT2D eigenvalue weighted by molar-refractivity contribution is 0.283. The second kappa shape index (κ2) is 5.99. The Hall–Kier alpha value is -1.65. The minimum absolute atomic E-state index is 0.0392. The topological polar surface area (TPSA) is 39.6 Å². The molecule has 0 unspecified atom stereocenters. The van der Waals surface area contributed by atoms with Crippen LogP contribution in [0.3, 0.4) is 0 Å². The molecule has 102 valence electrons. The molecular weight excluding hydrogens is 238 g/mol. The minimum Gasteiger partial charge on any atom is -0.392 e. The van der Waals surface area contributed by atoms with E-state index in [4.69, 9.17) is 0 Å². The van der Waals surface area contributed by atoms with Crippen molar-refractivity contribution in [2.24, 2.45) is 0 Å². The number of para-hydroxylation sites is 1. The Morgan fingerprint density at radius 3 is 2.53 bits per heavy atom. The minimum atomic E-state index is 0.0392. The maximum absolute atomic E-state index is 9.51. The number of pyridine rings is 1. The quantitative estimate of drug-likeness (QED) is 0.887. The fraction of sp³-hybridized carbons (Fsp3) is 0.400. The van der Waals surface area contributed by atoms with Crippen LogP contribution >= 0.6 is 0 Å². The molecule has 0 spiro atoms. The van der Waals surface area contributed by atoms with Crippen LogP contribution in [-0.4, -0.2) is 49.2 Å². The third-order valence-electron chi connectivity index (χ3n) is 3.23. The number of aromatic nitrogens is 1. The van der Waals surface area contributed by atoms with Crippen LogP contribution in [0.2, 0.25) is 0 Å². The van der Waals surface area contributed by atoms with Gasteiger partial charge in [0.15, 0.2) is 0 Å². The first kappa shape index (κ1) is 13.8. The molecule has 1 heterocycles. The lowest BCUT2D eigenvalue weighted by Gasteiger charge is -2.21. The number of aliphatic hydroxyl groups excluding tert-OH is 1. The SMILES string of the molecule is CN(C)CCN(C)c1cc(CO)c2ccccc2n1. The van der Waals surface area contributed by atoms with Crippen molar-refractivity contribution in [3.05, 3.63) is 35.9 Å². The van der Waals surface area contributed by atoms with Gasteiger partial charge in [-0.25, -0.2) is 4.98 Å². The van der Waals surface area contributed by atoms with Crippen molar-refractivity contribution in [2.45, 2.75) is 6.61 Å². The summed E-state index contributed by atoms with van der Waals surface area (Å²) in [5.74, 6) is 0.907. The van der Waals surface area contributed by atoms with E-state index in [1.165, 1.54) is 0 Å². The first-order chi connectivity index (χ1) is 9.11. The van der Waals surface area contributed by atoms with Gasteiger partial charge < -0.3 is 14.9 Å². The number of fused-ring (bicyclic) bond motifs is 1. The number of hydrogen-bond donors (Lipinski definition) is 1. The van der Waals surface area contributed by atoms with Gasteiger partial charge in [-0.3, -0.25) is 0 Å². The van der Waals surface area contributed by atoms with Gasteiger partial charge in [0.2, 0.25) is 0 Å². The van der Waals surface area contributed by atoms with E-state index in [0.717, 1.165) is 35.4 Å². The van der Waals surface area contributed by atoms with E-state index >= 15 is 0 Å². The van der Waals surface area contributed by atoms with Crippen molar-refractivity contribution in [3.8, 4) is 0 Å². The summed E-state index contributed by atoms with van der Waals surface area (Å²) >= 11 is 0. The third-order valence-corrected chi connectivity index (χ3v) is 3.23. The molecule has 0 aliphatic carbocycles. The molecule has 0 saturated heterocycles. The zero-order valence-electron chi connectivity index (χ0n) is 11.8. The van der Waals surface area contributed by atoms with E-state index in [9.17, 15) is 5.11 Å². The molecular formula is C15H21N3O. The lowest BCUT2D eigenvalue weighted by atomic mass is 10.1. The number of anilines is 1. The van der Waals surface area contributed by atoms with Crippen LogP contribution in [0.1, 0.15) is 5.56 Å². The Bertz CT molecular complexity index is 554. The molecule has 4 heteroatoms. The highest BCUT2D eigenvalue weighted by Gasteiger charge is 2.08. The molecule has 19 heavy (non-hydrogen) atoms. The number of aliphatic hydroxyl groups is 1. The van der Waals surface area contributed by atoms with Crippen LogP contribution in [0.25, 0.3) is 10.9 Å². The zero-order chi connectivity index (χ0) is 13.8.